The van der Waals surface area contributed by atoms with E-state index < -0.39 is 0 Å². The van der Waals surface area contributed by atoms with Gasteiger partial charge in [0.05, 0.1) is 5.75 Å². The molecular formula is C24H28N4OS. The summed E-state index contributed by atoms with van der Waals surface area (Å²) in [7, 11) is 0. The minimum Gasteiger partial charge on any atom is -0.342 e. The minimum absolute atomic E-state index is 0.198. The average molecular weight is 421 g/mol. The lowest BCUT2D eigenvalue weighted by atomic mass is 10.1. The van der Waals surface area contributed by atoms with Crippen LogP contribution in [0.1, 0.15) is 36.2 Å². The Labute approximate surface area is 182 Å². The number of aromatic nitrogens is 3. The maximum absolute atomic E-state index is 12.6. The Bertz CT molecular complexity index is 963. The van der Waals surface area contributed by atoms with Crippen LogP contribution in [0.15, 0.2) is 59.8 Å². The van der Waals surface area contributed by atoms with Gasteiger partial charge in [0.15, 0.2) is 5.16 Å². The molecule has 0 aliphatic carbocycles. The molecule has 0 atom stereocenters. The van der Waals surface area contributed by atoms with E-state index in [1.54, 1.807) is 0 Å². The maximum atomic E-state index is 12.6. The van der Waals surface area contributed by atoms with E-state index in [1.807, 2.05) is 11.0 Å². The van der Waals surface area contributed by atoms with Crippen LogP contribution in [0.4, 0.5) is 0 Å². The van der Waals surface area contributed by atoms with Gasteiger partial charge in [-0.3, -0.25) is 9.36 Å². The fraction of sp³-hybridized carbons (Fsp3) is 0.375. The Hall–Kier alpha value is -2.60. The van der Waals surface area contributed by atoms with E-state index in [-0.39, 0.29) is 5.91 Å². The topological polar surface area (TPSA) is 51.0 Å². The summed E-state index contributed by atoms with van der Waals surface area (Å²) in [6.45, 7) is 3.85. The van der Waals surface area contributed by atoms with Crippen molar-refractivity contribution in [2.45, 2.75) is 44.2 Å². The quantitative estimate of drug-likeness (QED) is 0.530. The predicted octanol–water partition coefficient (Wildman–Crippen LogP) is 4.47. The zero-order valence-corrected chi connectivity index (χ0v) is 18.3. The van der Waals surface area contributed by atoms with Gasteiger partial charge < -0.3 is 4.90 Å². The highest BCUT2D eigenvalue weighted by Crippen LogP contribution is 2.24. The molecule has 0 saturated carbocycles. The van der Waals surface area contributed by atoms with Crippen LogP contribution in [0.3, 0.4) is 0 Å². The van der Waals surface area contributed by atoms with Gasteiger partial charge in [-0.05, 0) is 50.3 Å². The average Bonchev–Trinajstić information content (AvgIpc) is 3.20. The third-order valence-corrected chi connectivity index (χ3v) is 6.42. The molecule has 0 N–H and O–H groups in total. The number of benzene rings is 2. The number of carbonyl (C=O) groups excluding carboxylic acids is 1. The second-order valence-electron chi connectivity index (χ2n) is 7.79. The molecule has 2 heterocycles. The van der Waals surface area contributed by atoms with Crippen LogP contribution in [0.25, 0.3) is 5.69 Å². The van der Waals surface area contributed by atoms with Crippen LogP contribution < -0.4 is 0 Å². The van der Waals surface area contributed by atoms with Gasteiger partial charge in [0.2, 0.25) is 5.91 Å². The zero-order chi connectivity index (χ0) is 20.8. The third kappa shape index (κ3) is 5.11. The summed E-state index contributed by atoms with van der Waals surface area (Å²) in [6.07, 6.45) is 5.15. The highest BCUT2D eigenvalue weighted by Gasteiger charge is 2.20. The highest BCUT2D eigenvalue weighted by molar-refractivity contribution is 7.99. The summed E-state index contributed by atoms with van der Waals surface area (Å²) >= 11 is 1.49. The van der Waals surface area contributed by atoms with Gasteiger partial charge >= 0.3 is 0 Å². The lowest BCUT2D eigenvalue weighted by molar-refractivity contribution is -0.129. The van der Waals surface area contributed by atoms with Crippen LogP contribution in [0.5, 0.6) is 0 Å². The van der Waals surface area contributed by atoms with Crippen molar-refractivity contribution >= 4 is 17.7 Å². The van der Waals surface area contributed by atoms with Crippen molar-refractivity contribution in [2.75, 3.05) is 18.8 Å². The second kappa shape index (κ2) is 9.94. The fourth-order valence-electron chi connectivity index (χ4n) is 3.77. The summed E-state index contributed by atoms with van der Waals surface area (Å²) in [5.74, 6) is 1.53. The molecule has 1 aromatic heterocycles. The van der Waals surface area contributed by atoms with Crippen LogP contribution in [0.2, 0.25) is 0 Å². The summed E-state index contributed by atoms with van der Waals surface area (Å²) in [6, 6.07) is 18.8. The number of amides is 1. The number of hydrogen-bond donors (Lipinski definition) is 0. The van der Waals surface area contributed by atoms with Crippen molar-refractivity contribution < 1.29 is 4.79 Å². The standard InChI is InChI=1S/C24H28N4OS/c1-19-10-13-21(14-11-19)28-22(15-12-20-8-4-2-5-9-20)25-26-24(28)30-18-23(29)27-16-6-3-7-17-27/h2,4-5,8-11,13-14H,3,6-7,12,15-18H2,1H3. The van der Waals surface area contributed by atoms with Gasteiger partial charge in [-0.2, -0.15) is 0 Å². The van der Waals surface area contributed by atoms with E-state index in [9.17, 15) is 4.79 Å². The fourth-order valence-corrected chi connectivity index (χ4v) is 4.64. The van der Waals surface area contributed by atoms with E-state index in [2.05, 4.69) is 70.2 Å². The van der Waals surface area contributed by atoms with Crippen LogP contribution in [-0.2, 0) is 17.6 Å². The van der Waals surface area contributed by atoms with Gasteiger partial charge in [0, 0.05) is 25.2 Å². The number of thioether (sulfide) groups is 1. The Morgan fingerprint density at radius 1 is 0.933 bits per heavy atom. The number of piperidine rings is 1. The largest absolute Gasteiger partial charge is 0.342 e. The van der Waals surface area contributed by atoms with E-state index in [4.69, 9.17) is 0 Å². The van der Waals surface area contributed by atoms with Gasteiger partial charge in [0.1, 0.15) is 5.82 Å². The Morgan fingerprint density at radius 3 is 2.40 bits per heavy atom. The Morgan fingerprint density at radius 2 is 1.67 bits per heavy atom. The van der Waals surface area contributed by atoms with E-state index >= 15 is 0 Å². The third-order valence-electron chi connectivity index (χ3n) is 5.51. The molecule has 156 valence electrons. The first-order valence-corrected chi connectivity index (χ1v) is 11.6. The highest BCUT2D eigenvalue weighted by atomic mass is 32.2. The molecule has 30 heavy (non-hydrogen) atoms. The molecule has 2 aromatic carbocycles. The number of nitrogens with zero attached hydrogens (tertiary/aromatic N) is 4. The Kier molecular flexibility index (Phi) is 6.84. The Balaban J connectivity index is 1.52. The predicted molar refractivity (Wildman–Crippen MR) is 121 cm³/mol. The molecular weight excluding hydrogens is 392 g/mol. The molecule has 6 heteroatoms. The van der Waals surface area contributed by atoms with E-state index in [0.717, 1.165) is 55.4 Å². The monoisotopic (exact) mass is 420 g/mol. The lowest BCUT2D eigenvalue weighted by Gasteiger charge is -2.26. The van der Waals surface area contributed by atoms with Gasteiger partial charge in [-0.1, -0.05) is 59.8 Å². The second-order valence-corrected chi connectivity index (χ2v) is 8.73. The summed E-state index contributed by atoms with van der Waals surface area (Å²) in [5, 5.41) is 9.72. The van der Waals surface area contributed by atoms with E-state index in [0.29, 0.717) is 5.75 Å². The number of rotatable bonds is 7. The molecule has 3 aromatic rings. The van der Waals surface area contributed by atoms with Crippen molar-refractivity contribution in [2.24, 2.45) is 0 Å². The minimum atomic E-state index is 0.198. The molecule has 1 fully saturated rings. The number of likely N-dealkylation sites (tertiary alicyclic amines) is 1. The molecule has 0 spiro atoms. The summed E-state index contributed by atoms with van der Waals surface area (Å²) in [5.41, 5.74) is 3.54. The SMILES string of the molecule is Cc1ccc(-n2c(CCc3ccccc3)nnc2SCC(=O)N2CCCCC2)cc1. The first kappa shape index (κ1) is 20.7. The van der Waals surface area contributed by atoms with Crippen molar-refractivity contribution in [3.8, 4) is 5.69 Å². The van der Waals surface area contributed by atoms with Gasteiger partial charge in [-0.15, -0.1) is 10.2 Å². The van der Waals surface area contributed by atoms with Crippen molar-refractivity contribution in [3.05, 3.63) is 71.5 Å². The van der Waals surface area contributed by atoms with Crippen molar-refractivity contribution in [3.63, 3.8) is 0 Å². The summed E-state index contributed by atoms with van der Waals surface area (Å²) < 4.78 is 2.11. The molecule has 0 unspecified atom stereocenters. The molecule has 1 aliphatic heterocycles. The molecule has 1 aliphatic rings. The van der Waals surface area contributed by atoms with E-state index in [1.165, 1.54) is 29.3 Å². The maximum Gasteiger partial charge on any atom is 0.233 e. The normalized spacial score (nSPS) is 14.1. The molecule has 0 bridgehead atoms. The molecule has 1 amide bonds. The van der Waals surface area contributed by atoms with Crippen molar-refractivity contribution in [1.82, 2.24) is 19.7 Å². The van der Waals surface area contributed by atoms with Gasteiger partial charge in [0.25, 0.3) is 0 Å². The summed E-state index contributed by atoms with van der Waals surface area (Å²) in [4.78, 5) is 14.6. The lowest BCUT2D eigenvalue weighted by Crippen LogP contribution is -2.36. The number of carbonyl (C=O) groups is 1. The first-order chi connectivity index (χ1) is 14.7. The van der Waals surface area contributed by atoms with Crippen LogP contribution >= 0.6 is 11.8 Å². The zero-order valence-electron chi connectivity index (χ0n) is 17.5. The number of aryl methyl sites for hydroxylation is 3. The van der Waals surface area contributed by atoms with Crippen LogP contribution in [0, 0.1) is 6.92 Å². The van der Waals surface area contributed by atoms with Crippen LogP contribution in [-0.4, -0.2) is 44.4 Å². The molecule has 0 radical (unpaired) electrons. The first-order valence-electron chi connectivity index (χ1n) is 10.7. The number of hydrogen-bond acceptors (Lipinski definition) is 4. The molecule has 4 rings (SSSR count). The molecule has 5 nitrogen and oxygen atoms in total. The smallest absolute Gasteiger partial charge is 0.233 e. The molecule has 1 saturated heterocycles. The van der Waals surface area contributed by atoms with Gasteiger partial charge in [-0.25, -0.2) is 0 Å². The van der Waals surface area contributed by atoms with Crippen molar-refractivity contribution in [1.29, 1.82) is 0 Å².